The van der Waals surface area contributed by atoms with Gasteiger partial charge in [-0.2, -0.15) is 5.10 Å². The van der Waals surface area contributed by atoms with Gasteiger partial charge in [0.15, 0.2) is 0 Å². The van der Waals surface area contributed by atoms with Gasteiger partial charge in [-0.05, 0) is 54.4 Å². The summed E-state index contributed by atoms with van der Waals surface area (Å²) in [5, 5.41) is 4.67. The van der Waals surface area contributed by atoms with E-state index in [9.17, 15) is 4.79 Å². The molecule has 31 heavy (non-hydrogen) atoms. The first-order chi connectivity index (χ1) is 15.1. The molecule has 1 aromatic heterocycles. The number of amides is 1. The molecule has 0 saturated heterocycles. The quantitative estimate of drug-likeness (QED) is 0.301. The third-order valence-corrected chi connectivity index (χ3v) is 4.91. The molecule has 2 N–H and O–H groups in total. The molecular weight excluding hydrogens is 412 g/mol. The zero-order valence-corrected chi connectivity index (χ0v) is 17.7. The average Bonchev–Trinajstić information content (AvgIpc) is 3.21. The van der Waals surface area contributed by atoms with Crippen molar-refractivity contribution in [2.24, 2.45) is 5.10 Å². The van der Waals surface area contributed by atoms with Gasteiger partial charge in [0.25, 0.3) is 5.91 Å². The van der Waals surface area contributed by atoms with Crippen molar-refractivity contribution in [1.29, 1.82) is 0 Å². The fourth-order valence-corrected chi connectivity index (χ4v) is 3.29. The Kier molecular flexibility index (Phi) is 6.29. The molecule has 0 saturated carbocycles. The van der Waals surface area contributed by atoms with E-state index < -0.39 is 0 Å². The molecule has 0 aliphatic rings. The van der Waals surface area contributed by atoms with Crippen LogP contribution in [0.5, 0.6) is 5.75 Å². The summed E-state index contributed by atoms with van der Waals surface area (Å²) in [4.78, 5) is 20.3. The van der Waals surface area contributed by atoms with E-state index in [-0.39, 0.29) is 5.91 Å². The molecule has 0 aliphatic heterocycles. The Labute approximate surface area is 184 Å². The summed E-state index contributed by atoms with van der Waals surface area (Å²) in [6.45, 7) is 2.71. The minimum Gasteiger partial charge on any atom is -0.494 e. The van der Waals surface area contributed by atoms with Gasteiger partial charge in [0.1, 0.15) is 11.6 Å². The van der Waals surface area contributed by atoms with Gasteiger partial charge in [0, 0.05) is 11.1 Å². The van der Waals surface area contributed by atoms with Crippen LogP contribution in [0.15, 0.2) is 71.8 Å². The van der Waals surface area contributed by atoms with E-state index in [1.807, 2.05) is 48.5 Å². The van der Waals surface area contributed by atoms with Crippen molar-refractivity contribution < 1.29 is 9.53 Å². The number of nitrogens with one attached hydrogen (secondary N) is 2. The lowest BCUT2D eigenvalue weighted by Gasteiger charge is -2.04. The molecule has 0 spiro atoms. The maximum Gasteiger partial charge on any atom is 0.271 e. The lowest BCUT2D eigenvalue weighted by Crippen LogP contribution is -2.17. The highest BCUT2D eigenvalue weighted by Crippen LogP contribution is 2.27. The first-order valence-corrected chi connectivity index (χ1v) is 10.3. The van der Waals surface area contributed by atoms with Crippen LogP contribution in [-0.2, 0) is 0 Å². The molecule has 0 unspecified atom stereocenters. The van der Waals surface area contributed by atoms with E-state index in [0.29, 0.717) is 23.0 Å². The number of imidazole rings is 1. The monoisotopic (exact) mass is 432 g/mol. The number of halogens is 1. The van der Waals surface area contributed by atoms with Crippen molar-refractivity contribution in [1.82, 2.24) is 15.4 Å². The summed E-state index contributed by atoms with van der Waals surface area (Å²) in [5.74, 6) is 1.11. The van der Waals surface area contributed by atoms with Crippen LogP contribution in [0.25, 0.3) is 22.4 Å². The summed E-state index contributed by atoms with van der Waals surface area (Å²) in [7, 11) is 0. The number of ether oxygens (including phenoxy) is 1. The summed E-state index contributed by atoms with van der Waals surface area (Å²) in [6.07, 6.45) is 2.52. The number of carbonyl (C=O) groups excluding carboxylic acids is 1. The number of nitrogens with zero attached hydrogens (tertiary/aromatic N) is 2. The van der Waals surface area contributed by atoms with E-state index in [1.54, 1.807) is 24.4 Å². The average molecular weight is 433 g/mol. The second-order valence-corrected chi connectivity index (χ2v) is 7.32. The molecule has 4 rings (SSSR count). The second-order valence-electron chi connectivity index (χ2n) is 6.92. The van der Waals surface area contributed by atoms with Crippen LogP contribution in [0.1, 0.15) is 29.3 Å². The summed E-state index contributed by atoms with van der Waals surface area (Å²) in [5.41, 5.74) is 6.16. The number of aromatic nitrogens is 2. The van der Waals surface area contributed by atoms with Gasteiger partial charge in [0.2, 0.25) is 0 Å². The Morgan fingerprint density at radius 1 is 1.16 bits per heavy atom. The Morgan fingerprint density at radius 3 is 2.87 bits per heavy atom. The van der Waals surface area contributed by atoms with Crippen molar-refractivity contribution in [2.45, 2.75) is 13.3 Å². The van der Waals surface area contributed by atoms with Crippen molar-refractivity contribution >= 4 is 34.8 Å². The fraction of sp³-hybridized carbons (Fsp3) is 0.125. The predicted molar refractivity (Wildman–Crippen MR) is 124 cm³/mol. The zero-order valence-electron chi connectivity index (χ0n) is 16.9. The van der Waals surface area contributed by atoms with Crippen LogP contribution in [0.2, 0.25) is 5.02 Å². The van der Waals surface area contributed by atoms with Gasteiger partial charge in [-0.25, -0.2) is 10.4 Å². The van der Waals surface area contributed by atoms with Crippen LogP contribution in [0.3, 0.4) is 0 Å². The molecular formula is C24H21ClN4O2. The largest absolute Gasteiger partial charge is 0.494 e. The number of hydrazone groups is 1. The van der Waals surface area contributed by atoms with Gasteiger partial charge in [-0.15, -0.1) is 0 Å². The Bertz CT molecular complexity index is 1250. The van der Waals surface area contributed by atoms with E-state index in [1.165, 1.54) is 0 Å². The lowest BCUT2D eigenvalue weighted by molar-refractivity contribution is 0.0955. The number of hydrogen-bond donors (Lipinski definition) is 2. The maximum atomic E-state index is 12.5. The number of rotatable bonds is 7. The van der Waals surface area contributed by atoms with Crippen molar-refractivity contribution in [2.75, 3.05) is 6.61 Å². The SMILES string of the molecule is CCCOc1cccc(/C=N/NC(=O)c2ccc3nc(-c4ccccc4Cl)[nH]c3c2)c1. The van der Waals surface area contributed by atoms with Crippen molar-refractivity contribution in [3.63, 3.8) is 0 Å². The van der Waals surface area contributed by atoms with E-state index in [2.05, 4.69) is 27.4 Å². The third-order valence-electron chi connectivity index (χ3n) is 4.58. The molecule has 0 aliphatic carbocycles. The number of fused-ring (bicyclic) bond motifs is 1. The summed E-state index contributed by atoms with van der Waals surface area (Å²) in [6, 6.07) is 20.3. The molecule has 0 fully saturated rings. The Balaban J connectivity index is 1.47. The molecule has 6 nitrogen and oxygen atoms in total. The van der Waals surface area contributed by atoms with Crippen LogP contribution in [-0.4, -0.2) is 28.7 Å². The van der Waals surface area contributed by atoms with Gasteiger partial charge >= 0.3 is 0 Å². The molecule has 0 radical (unpaired) electrons. The predicted octanol–water partition coefficient (Wildman–Crippen LogP) is 5.44. The second kappa shape index (κ2) is 9.45. The lowest BCUT2D eigenvalue weighted by atomic mass is 10.2. The van der Waals surface area contributed by atoms with E-state index in [4.69, 9.17) is 16.3 Å². The van der Waals surface area contributed by atoms with Crippen molar-refractivity contribution in [3.8, 4) is 17.1 Å². The van der Waals surface area contributed by atoms with Crippen LogP contribution < -0.4 is 10.2 Å². The summed E-state index contributed by atoms with van der Waals surface area (Å²) >= 11 is 6.26. The Hall–Kier alpha value is -3.64. The molecule has 1 amide bonds. The van der Waals surface area contributed by atoms with Crippen LogP contribution >= 0.6 is 11.6 Å². The van der Waals surface area contributed by atoms with Gasteiger partial charge in [-0.3, -0.25) is 4.79 Å². The van der Waals surface area contributed by atoms with Gasteiger partial charge in [-0.1, -0.05) is 42.8 Å². The highest BCUT2D eigenvalue weighted by Gasteiger charge is 2.11. The molecule has 0 bridgehead atoms. The number of H-pyrrole nitrogens is 1. The van der Waals surface area contributed by atoms with E-state index in [0.717, 1.165) is 34.3 Å². The van der Waals surface area contributed by atoms with Gasteiger partial charge < -0.3 is 9.72 Å². The standard InChI is InChI=1S/C24H21ClN4O2/c1-2-12-31-18-7-5-6-16(13-18)15-26-29-24(30)17-10-11-21-22(14-17)28-23(27-21)19-8-3-4-9-20(19)25/h3-11,13-15H,2,12H2,1H3,(H,27,28)(H,29,30)/b26-15+. The molecule has 0 atom stereocenters. The van der Waals surface area contributed by atoms with Crippen LogP contribution in [0.4, 0.5) is 0 Å². The summed E-state index contributed by atoms with van der Waals surface area (Å²) < 4.78 is 5.61. The van der Waals surface area contributed by atoms with Gasteiger partial charge in [0.05, 0.1) is 28.9 Å². The molecule has 4 aromatic rings. The van der Waals surface area contributed by atoms with Crippen molar-refractivity contribution in [3.05, 3.63) is 82.9 Å². The number of carbonyl (C=O) groups is 1. The third kappa shape index (κ3) is 4.92. The number of aromatic amines is 1. The first kappa shape index (κ1) is 20.6. The molecule has 3 aromatic carbocycles. The smallest absolute Gasteiger partial charge is 0.271 e. The molecule has 1 heterocycles. The topological polar surface area (TPSA) is 79.4 Å². The number of hydrogen-bond acceptors (Lipinski definition) is 4. The minimum absolute atomic E-state index is 0.314. The zero-order chi connectivity index (χ0) is 21.6. The number of benzene rings is 3. The normalized spacial score (nSPS) is 11.2. The highest BCUT2D eigenvalue weighted by molar-refractivity contribution is 6.33. The fourth-order valence-electron chi connectivity index (χ4n) is 3.07. The van der Waals surface area contributed by atoms with Crippen LogP contribution in [0, 0.1) is 0 Å². The highest BCUT2D eigenvalue weighted by atomic mass is 35.5. The molecule has 7 heteroatoms. The first-order valence-electron chi connectivity index (χ1n) is 9.95. The van der Waals surface area contributed by atoms with E-state index >= 15 is 0 Å². The Morgan fingerprint density at radius 2 is 2.03 bits per heavy atom. The molecule has 156 valence electrons. The minimum atomic E-state index is -0.314. The maximum absolute atomic E-state index is 12.5.